The van der Waals surface area contributed by atoms with Gasteiger partial charge in [-0.2, -0.15) is 0 Å². The zero-order valence-corrected chi connectivity index (χ0v) is 13.1. The van der Waals surface area contributed by atoms with Gasteiger partial charge in [-0.05, 0) is 49.8 Å². The summed E-state index contributed by atoms with van der Waals surface area (Å²) in [6.45, 7) is 1.95. The van der Waals surface area contributed by atoms with Gasteiger partial charge >= 0.3 is 5.97 Å². The number of hydrogen-bond donors (Lipinski definition) is 3. The fraction of sp³-hybridized carbons (Fsp3) is 0.529. The molecule has 0 aliphatic heterocycles. The van der Waals surface area contributed by atoms with Crippen molar-refractivity contribution in [2.45, 2.75) is 57.1 Å². The Morgan fingerprint density at radius 2 is 2.00 bits per heavy atom. The van der Waals surface area contributed by atoms with E-state index in [0.29, 0.717) is 24.8 Å². The van der Waals surface area contributed by atoms with Crippen LogP contribution in [0.2, 0.25) is 0 Å². The molecular formula is C17H22FNO4. The minimum atomic E-state index is -1.33. The van der Waals surface area contributed by atoms with Gasteiger partial charge in [0.1, 0.15) is 5.82 Å². The summed E-state index contributed by atoms with van der Waals surface area (Å²) < 4.78 is 13.6. The highest BCUT2D eigenvalue weighted by molar-refractivity contribution is 5.88. The number of carbonyl (C=O) groups is 2. The Morgan fingerprint density at radius 3 is 2.52 bits per heavy atom. The molecule has 0 radical (unpaired) electrons. The lowest BCUT2D eigenvalue weighted by Gasteiger charge is -2.35. The minimum Gasteiger partial charge on any atom is -0.478 e. The van der Waals surface area contributed by atoms with E-state index in [4.69, 9.17) is 5.11 Å². The lowest BCUT2D eigenvalue weighted by molar-refractivity contribution is -0.121. The summed E-state index contributed by atoms with van der Waals surface area (Å²) >= 11 is 0. The third-order valence-electron chi connectivity index (χ3n) is 4.57. The molecule has 1 aromatic rings. The molecule has 5 nitrogen and oxygen atoms in total. The van der Waals surface area contributed by atoms with Gasteiger partial charge in [0, 0.05) is 6.04 Å². The maximum Gasteiger partial charge on any atom is 0.338 e. The number of hydrogen-bond acceptors (Lipinski definition) is 3. The molecule has 0 bridgehead atoms. The van der Waals surface area contributed by atoms with Crippen molar-refractivity contribution in [2.24, 2.45) is 0 Å². The molecule has 0 spiro atoms. The van der Waals surface area contributed by atoms with Crippen LogP contribution in [0.15, 0.2) is 18.2 Å². The number of amides is 1. The van der Waals surface area contributed by atoms with E-state index in [-0.39, 0.29) is 18.4 Å². The van der Waals surface area contributed by atoms with Gasteiger partial charge in [-0.15, -0.1) is 0 Å². The Bertz CT molecular complexity index is 594. The highest BCUT2D eigenvalue weighted by Crippen LogP contribution is 2.30. The highest BCUT2D eigenvalue weighted by Gasteiger charge is 2.31. The van der Waals surface area contributed by atoms with Gasteiger partial charge < -0.3 is 15.5 Å². The summed E-state index contributed by atoms with van der Waals surface area (Å²) in [5, 5.41) is 21.8. The Balaban J connectivity index is 1.88. The summed E-state index contributed by atoms with van der Waals surface area (Å²) in [5.74, 6) is -2.39. The van der Waals surface area contributed by atoms with Gasteiger partial charge in [0.05, 0.1) is 17.6 Å². The van der Waals surface area contributed by atoms with Gasteiger partial charge in [0.2, 0.25) is 5.91 Å². The molecule has 1 amide bonds. The second kappa shape index (κ2) is 7.08. The number of aromatic carboxylic acids is 1. The van der Waals surface area contributed by atoms with Gasteiger partial charge in [0.25, 0.3) is 0 Å². The van der Waals surface area contributed by atoms with Gasteiger partial charge in [-0.3, -0.25) is 4.79 Å². The third-order valence-corrected chi connectivity index (χ3v) is 4.57. The van der Waals surface area contributed by atoms with E-state index in [1.807, 2.05) is 6.92 Å². The first-order chi connectivity index (χ1) is 10.8. The fourth-order valence-electron chi connectivity index (χ4n) is 2.96. The Hall–Kier alpha value is -1.95. The van der Waals surface area contributed by atoms with Gasteiger partial charge in [-0.25, -0.2) is 9.18 Å². The first-order valence-electron chi connectivity index (χ1n) is 7.86. The molecule has 3 N–H and O–H groups in total. The first kappa shape index (κ1) is 17.4. The first-order valence-corrected chi connectivity index (χ1v) is 7.86. The molecule has 1 aliphatic rings. The minimum absolute atomic E-state index is 0.00532. The maximum absolute atomic E-state index is 13.6. The number of carboxylic acid groups (broad SMARTS) is 1. The second-order valence-electron chi connectivity index (χ2n) is 6.22. The van der Waals surface area contributed by atoms with Crippen LogP contribution >= 0.6 is 0 Å². The van der Waals surface area contributed by atoms with Crippen molar-refractivity contribution < 1.29 is 24.2 Å². The molecule has 1 aliphatic carbocycles. The number of rotatable bonds is 5. The van der Waals surface area contributed by atoms with E-state index in [0.717, 1.165) is 18.9 Å². The molecule has 126 valence electrons. The summed E-state index contributed by atoms with van der Waals surface area (Å²) in [6.07, 6.45) is 3.49. The maximum atomic E-state index is 13.6. The highest BCUT2D eigenvalue weighted by atomic mass is 19.1. The predicted molar refractivity (Wildman–Crippen MR) is 82.7 cm³/mol. The lowest BCUT2D eigenvalue weighted by atomic mass is 9.80. The molecule has 2 rings (SSSR count). The summed E-state index contributed by atoms with van der Waals surface area (Å²) in [4.78, 5) is 22.8. The molecule has 23 heavy (non-hydrogen) atoms. The molecule has 0 saturated heterocycles. The van der Waals surface area contributed by atoms with Crippen molar-refractivity contribution >= 4 is 11.9 Å². The van der Waals surface area contributed by atoms with Gasteiger partial charge in [0.15, 0.2) is 0 Å². The molecule has 1 aromatic carbocycles. The van der Waals surface area contributed by atoms with Gasteiger partial charge in [-0.1, -0.05) is 13.0 Å². The van der Waals surface area contributed by atoms with Crippen LogP contribution in [0.3, 0.4) is 0 Å². The van der Waals surface area contributed by atoms with Crippen LogP contribution in [0.5, 0.6) is 0 Å². The van der Waals surface area contributed by atoms with E-state index in [1.54, 1.807) is 0 Å². The van der Waals surface area contributed by atoms with Crippen LogP contribution in [0.1, 0.15) is 54.9 Å². The normalized spacial score (nSPS) is 24.2. The summed E-state index contributed by atoms with van der Waals surface area (Å²) in [6, 6.07) is 3.72. The van der Waals surface area contributed by atoms with Crippen molar-refractivity contribution in [1.82, 2.24) is 5.32 Å². The zero-order valence-electron chi connectivity index (χ0n) is 13.1. The van der Waals surface area contributed by atoms with E-state index in [9.17, 15) is 19.1 Å². The van der Waals surface area contributed by atoms with Crippen molar-refractivity contribution in [2.75, 3.05) is 0 Å². The van der Waals surface area contributed by atoms with Crippen LogP contribution in [-0.2, 0) is 11.2 Å². The average Bonchev–Trinajstić information content (AvgIpc) is 2.49. The quantitative estimate of drug-likeness (QED) is 0.776. The van der Waals surface area contributed by atoms with Crippen LogP contribution in [0, 0.1) is 5.82 Å². The molecule has 6 heteroatoms. The molecule has 0 unspecified atom stereocenters. The van der Waals surface area contributed by atoms with E-state index in [1.165, 1.54) is 12.1 Å². The van der Waals surface area contributed by atoms with Crippen molar-refractivity contribution in [3.8, 4) is 0 Å². The largest absolute Gasteiger partial charge is 0.478 e. The number of carbonyl (C=O) groups excluding carboxylic acids is 1. The lowest BCUT2D eigenvalue weighted by Crippen LogP contribution is -2.43. The van der Waals surface area contributed by atoms with E-state index >= 15 is 0 Å². The Labute approximate surface area is 134 Å². The van der Waals surface area contributed by atoms with E-state index in [2.05, 4.69) is 5.32 Å². The number of benzene rings is 1. The van der Waals surface area contributed by atoms with Crippen molar-refractivity contribution in [3.05, 3.63) is 35.1 Å². The third kappa shape index (κ3) is 4.51. The number of halogens is 1. The van der Waals surface area contributed by atoms with Crippen LogP contribution in [-0.4, -0.2) is 33.7 Å². The van der Waals surface area contributed by atoms with Crippen LogP contribution in [0.4, 0.5) is 4.39 Å². The zero-order chi connectivity index (χ0) is 17.0. The van der Waals surface area contributed by atoms with Crippen molar-refractivity contribution in [3.63, 3.8) is 0 Å². The van der Waals surface area contributed by atoms with Crippen molar-refractivity contribution in [1.29, 1.82) is 0 Å². The smallest absolute Gasteiger partial charge is 0.338 e. The number of carboxylic acids is 1. The predicted octanol–water partition coefficient (Wildman–Crippen LogP) is 2.27. The Morgan fingerprint density at radius 1 is 1.35 bits per heavy atom. The molecule has 1 saturated carbocycles. The Kier molecular flexibility index (Phi) is 5.36. The average molecular weight is 323 g/mol. The number of aliphatic hydroxyl groups is 1. The topological polar surface area (TPSA) is 86.6 Å². The summed E-state index contributed by atoms with van der Waals surface area (Å²) in [7, 11) is 0. The monoisotopic (exact) mass is 323 g/mol. The van der Waals surface area contributed by atoms with E-state index < -0.39 is 23.0 Å². The standard InChI is InChI=1S/C17H22FNO4/c1-2-17(23)7-5-12(6-8-17)19-15(20)10-11-3-4-13(16(21)22)14(18)9-11/h3-4,9,12,23H,2,5-8,10H2,1H3,(H,19,20)(H,21,22). The molecule has 0 atom stereocenters. The second-order valence-corrected chi connectivity index (χ2v) is 6.22. The fourth-order valence-corrected chi connectivity index (χ4v) is 2.96. The number of nitrogens with one attached hydrogen (secondary N) is 1. The molecule has 0 heterocycles. The van der Waals surface area contributed by atoms with Crippen LogP contribution in [0.25, 0.3) is 0 Å². The molecule has 0 aromatic heterocycles. The van der Waals surface area contributed by atoms with Crippen LogP contribution < -0.4 is 5.32 Å². The SMILES string of the molecule is CCC1(O)CCC(NC(=O)Cc2ccc(C(=O)O)c(F)c2)CC1. The summed E-state index contributed by atoms with van der Waals surface area (Å²) in [5.41, 5.74) is -0.581. The molecular weight excluding hydrogens is 301 g/mol. The molecule has 1 fully saturated rings.